The summed E-state index contributed by atoms with van der Waals surface area (Å²) in [6, 6.07) is 3.71. The molecular formula is C10H14FN. The van der Waals surface area contributed by atoms with Gasteiger partial charge in [0.05, 0.1) is 0 Å². The van der Waals surface area contributed by atoms with E-state index in [1.54, 1.807) is 13.8 Å². The molecule has 0 aliphatic rings. The highest BCUT2D eigenvalue weighted by Gasteiger charge is 2.02. The van der Waals surface area contributed by atoms with Gasteiger partial charge >= 0.3 is 0 Å². The van der Waals surface area contributed by atoms with Gasteiger partial charge in [-0.1, -0.05) is 12.1 Å². The van der Waals surface area contributed by atoms with Crippen molar-refractivity contribution in [3.8, 4) is 0 Å². The summed E-state index contributed by atoms with van der Waals surface area (Å²) in [6.45, 7) is 4.18. The van der Waals surface area contributed by atoms with Gasteiger partial charge in [0.15, 0.2) is 0 Å². The predicted octanol–water partition coefficient (Wildman–Crippen LogP) is 1.94. The highest BCUT2D eigenvalue weighted by molar-refractivity contribution is 5.30. The lowest BCUT2D eigenvalue weighted by atomic mass is 10.0. The van der Waals surface area contributed by atoms with Gasteiger partial charge in [-0.05, 0) is 43.5 Å². The fraction of sp³-hybridized carbons (Fsp3) is 0.400. The van der Waals surface area contributed by atoms with E-state index in [0.29, 0.717) is 17.7 Å². The van der Waals surface area contributed by atoms with Gasteiger partial charge in [-0.3, -0.25) is 0 Å². The Labute approximate surface area is 72.4 Å². The second-order valence-corrected chi connectivity index (χ2v) is 3.08. The Morgan fingerprint density at radius 3 is 2.17 bits per heavy atom. The lowest BCUT2D eigenvalue weighted by molar-refractivity contribution is 0.608. The minimum absolute atomic E-state index is 0.101. The SMILES string of the molecule is Cc1cc(CCN)cc(C)c1F. The Hall–Kier alpha value is -0.890. The van der Waals surface area contributed by atoms with Crippen molar-refractivity contribution in [3.63, 3.8) is 0 Å². The van der Waals surface area contributed by atoms with Crippen molar-refractivity contribution in [2.45, 2.75) is 20.3 Å². The number of hydrogen-bond acceptors (Lipinski definition) is 1. The van der Waals surface area contributed by atoms with Gasteiger partial charge in [0.25, 0.3) is 0 Å². The second-order valence-electron chi connectivity index (χ2n) is 3.08. The minimum atomic E-state index is -0.101. The van der Waals surface area contributed by atoms with E-state index >= 15 is 0 Å². The zero-order valence-corrected chi connectivity index (χ0v) is 7.52. The van der Waals surface area contributed by atoms with Gasteiger partial charge in [-0.15, -0.1) is 0 Å². The summed E-state index contributed by atoms with van der Waals surface area (Å²) < 4.78 is 13.1. The Morgan fingerprint density at radius 2 is 1.75 bits per heavy atom. The van der Waals surface area contributed by atoms with Gasteiger partial charge in [0, 0.05) is 0 Å². The van der Waals surface area contributed by atoms with Crippen LogP contribution in [-0.4, -0.2) is 6.54 Å². The Kier molecular flexibility index (Phi) is 2.82. The van der Waals surface area contributed by atoms with E-state index in [-0.39, 0.29) is 5.82 Å². The van der Waals surface area contributed by atoms with Crippen molar-refractivity contribution in [1.29, 1.82) is 0 Å². The van der Waals surface area contributed by atoms with Crippen molar-refractivity contribution in [2.24, 2.45) is 5.73 Å². The highest BCUT2D eigenvalue weighted by Crippen LogP contribution is 2.14. The summed E-state index contributed by atoms with van der Waals surface area (Å²) in [6.07, 6.45) is 0.821. The first kappa shape index (κ1) is 9.20. The molecule has 2 N–H and O–H groups in total. The third-order valence-electron chi connectivity index (χ3n) is 1.93. The van der Waals surface area contributed by atoms with E-state index in [1.165, 1.54) is 0 Å². The van der Waals surface area contributed by atoms with Crippen LogP contribution in [0.1, 0.15) is 16.7 Å². The molecule has 12 heavy (non-hydrogen) atoms. The third-order valence-corrected chi connectivity index (χ3v) is 1.93. The second kappa shape index (κ2) is 3.68. The van der Waals surface area contributed by atoms with E-state index in [1.807, 2.05) is 12.1 Å². The standard InChI is InChI=1S/C10H14FN/c1-7-5-9(3-4-12)6-8(2)10(7)11/h5-6H,3-4,12H2,1-2H3. The maximum absolute atomic E-state index is 13.1. The average molecular weight is 167 g/mol. The predicted molar refractivity (Wildman–Crippen MR) is 48.6 cm³/mol. The molecule has 1 aromatic rings. The molecule has 1 rings (SSSR count). The van der Waals surface area contributed by atoms with Crippen molar-refractivity contribution < 1.29 is 4.39 Å². The Balaban J connectivity index is 3.04. The highest BCUT2D eigenvalue weighted by atomic mass is 19.1. The minimum Gasteiger partial charge on any atom is -0.330 e. The summed E-state index contributed by atoms with van der Waals surface area (Å²) in [5.74, 6) is -0.101. The molecule has 0 fully saturated rings. The number of aryl methyl sites for hydroxylation is 2. The lowest BCUT2D eigenvalue weighted by Crippen LogP contribution is -2.03. The molecule has 2 heteroatoms. The molecule has 0 unspecified atom stereocenters. The zero-order valence-electron chi connectivity index (χ0n) is 7.52. The summed E-state index contributed by atoms with van der Waals surface area (Å²) in [7, 11) is 0. The molecule has 1 nitrogen and oxygen atoms in total. The quantitative estimate of drug-likeness (QED) is 0.715. The first-order valence-corrected chi connectivity index (χ1v) is 4.11. The molecule has 0 radical (unpaired) electrons. The van der Waals surface area contributed by atoms with Gasteiger partial charge in [-0.25, -0.2) is 4.39 Å². The molecule has 0 aromatic heterocycles. The average Bonchev–Trinajstić information content (AvgIpc) is 2.01. The molecule has 0 saturated heterocycles. The lowest BCUT2D eigenvalue weighted by Gasteiger charge is -2.04. The molecule has 0 saturated carbocycles. The normalized spacial score (nSPS) is 10.3. The number of nitrogens with two attached hydrogens (primary N) is 1. The molecule has 0 aliphatic heterocycles. The van der Waals surface area contributed by atoms with Crippen molar-refractivity contribution in [1.82, 2.24) is 0 Å². The molecule has 0 atom stereocenters. The van der Waals surface area contributed by atoms with Crippen LogP contribution >= 0.6 is 0 Å². The van der Waals surface area contributed by atoms with Crippen LogP contribution in [-0.2, 0) is 6.42 Å². The fourth-order valence-electron chi connectivity index (χ4n) is 1.35. The van der Waals surface area contributed by atoms with Crippen LogP contribution in [0.2, 0.25) is 0 Å². The van der Waals surface area contributed by atoms with Gasteiger partial charge < -0.3 is 5.73 Å². The van der Waals surface area contributed by atoms with Crippen LogP contribution in [0.5, 0.6) is 0 Å². The summed E-state index contributed by atoms with van der Waals surface area (Å²) in [4.78, 5) is 0. The van der Waals surface area contributed by atoms with Gasteiger partial charge in [0.2, 0.25) is 0 Å². The van der Waals surface area contributed by atoms with Crippen molar-refractivity contribution in [3.05, 3.63) is 34.6 Å². The fourth-order valence-corrected chi connectivity index (χ4v) is 1.35. The van der Waals surface area contributed by atoms with Gasteiger partial charge in [-0.2, -0.15) is 0 Å². The van der Waals surface area contributed by atoms with E-state index in [4.69, 9.17) is 5.73 Å². The molecular weight excluding hydrogens is 153 g/mol. The number of rotatable bonds is 2. The molecule has 0 spiro atoms. The molecule has 1 aromatic carbocycles. The van der Waals surface area contributed by atoms with Crippen LogP contribution < -0.4 is 5.73 Å². The first-order chi connectivity index (χ1) is 5.65. The van der Waals surface area contributed by atoms with Crippen LogP contribution in [0.4, 0.5) is 4.39 Å². The van der Waals surface area contributed by atoms with E-state index < -0.39 is 0 Å². The van der Waals surface area contributed by atoms with Crippen LogP contribution in [0.25, 0.3) is 0 Å². The summed E-state index contributed by atoms with van der Waals surface area (Å²) >= 11 is 0. The maximum atomic E-state index is 13.1. The number of benzene rings is 1. The smallest absolute Gasteiger partial charge is 0.129 e. The topological polar surface area (TPSA) is 26.0 Å². The first-order valence-electron chi connectivity index (χ1n) is 4.11. The van der Waals surface area contributed by atoms with Crippen molar-refractivity contribution in [2.75, 3.05) is 6.54 Å². The molecule has 66 valence electrons. The number of hydrogen-bond donors (Lipinski definition) is 1. The van der Waals surface area contributed by atoms with E-state index in [2.05, 4.69) is 0 Å². The molecule has 0 amide bonds. The maximum Gasteiger partial charge on any atom is 0.129 e. The van der Waals surface area contributed by atoms with Gasteiger partial charge in [0.1, 0.15) is 5.82 Å². The van der Waals surface area contributed by atoms with E-state index in [9.17, 15) is 4.39 Å². The zero-order chi connectivity index (χ0) is 9.14. The number of halogens is 1. The summed E-state index contributed by atoms with van der Waals surface area (Å²) in [5, 5.41) is 0. The Morgan fingerprint density at radius 1 is 1.25 bits per heavy atom. The monoisotopic (exact) mass is 167 g/mol. The largest absolute Gasteiger partial charge is 0.330 e. The molecule has 0 aliphatic carbocycles. The van der Waals surface area contributed by atoms with Crippen molar-refractivity contribution >= 4 is 0 Å². The Bertz CT molecular complexity index is 258. The molecule has 0 bridgehead atoms. The third kappa shape index (κ3) is 1.83. The van der Waals surface area contributed by atoms with Crippen LogP contribution in [0.15, 0.2) is 12.1 Å². The van der Waals surface area contributed by atoms with Crippen LogP contribution in [0, 0.1) is 19.7 Å². The van der Waals surface area contributed by atoms with E-state index in [0.717, 1.165) is 12.0 Å². The van der Waals surface area contributed by atoms with Crippen LogP contribution in [0.3, 0.4) is 0 Å². The summed E-state index contributed by atoms with van der Waals surface area (Å²) in [5.41, 5.74) is 7.94. The molecule has 0 heterocycles.